The molecule has 0 saturated carbocycles. The Morgan fingerprint density at radius 3 is 2.53 bits per heavy atom. The van der Waals surface area contributed by atoms with E-state index in [1.807, 2.05) is 6.07 Å². The zero-order chi connectivity index (χ0) is 14.0. The zero-order valence-corrected chi connectivity index (χ0v) is 11.0. The Bertz CT molecular complexity index is 734. The van der Waals surface area contributed by atoms with Gasteiger partial charge in [0, 0.05) is 12.5 Å². The molecule has 0 bridgehead atoms. The van der Waals surface area contributed by atoms with Crippen LogP contribution in [0.25, 0.3) is 10.8 Å². The fourth-order valence-corrected chi connectivity index (χ4v) is 2.56. The summed E-state index contributed by atoms with van der Waals surface area (Å²) in [6.45, 7) is 1.23. The Kier molecular flexibility index (Phi) is 3.55. The van der Waals surface area contributed by atoms with Crippen molar-refractivity contribution in [3.8, 4) is 5.75 Å². The van der Waals surface area contributed by atoms with E-state index in [1.165, 1.54) is 13.0 Å². The SMILES string of the molecule is CC(=O)Oc1ccc2ccccc2c1CS(=O)(=O)O. The highest BCUT2D eigenvalue weighted by Gasteiger charge is 2.16. The highest BCUT2D eigenvalue weighted by atomic mass is 32.2. The second-order valence-corrected chi connectivity index (χ2v) is 5.54. The van der Waals surface area contributed by atoms with E-state index >= 15 is 0 Å². The molecule has 5 nitrogen and oxygen atoms in total. The highest BCUT2D eigenvalue weighted by Crippen LogP contribution is 2.29. The van der Waals surface area contributed by atoms with Crippen LogP contribution in [0, 0.1) is 0 Å². The van der Waals surface area contributed by atoms with E-state index in [4.69, 9.17) is 9.29 Å². The summed E-state index contributed by atoms with van der Waals surface area (Å²) in [6.07, 6.45) is 0. The van der Waals surface area contributed by atoms with Crippen LogP contribution in [0.5, 0.6) is 5.75 Å². The standard InChI is InChI=1S/C13H12O5S/c1-9(14)18-13-7-6-10-4-2-3-5-11(10)12(13)8-19(15,16)17/h2-7H,8H2,1H3,(H,15,16,17). The van der Waals surface area contributed by atoms with Gasteiger partial charge in [-0.15, -0.1) is 0 Å². The molecule has 19 heavy (non-hydrogen) atoms. The van der Waals surface area contributed by atoms with Gasteiger partial charge in [-0.25, -0.2) is 0 Å². The number of benzene rings is 2. The molecule has 0 aromatic heterocycles. The number of carbonyl (C=O) groups is 1. The summed E-state index contributed by atoms with van der Waals surface area (Å²) in [5, 5.41) is 1.43. The van der Waals surface area contributed by atoms with Gasteiger partial charge in [0.15, 0.2) is 0 Å². The Labute approximate surface area is 110 Å². The minimum atomic E-state index is -4.22. The van der Waals surface area contributed by atoms with Crippen LogP contribution in [0.3, 0.4) is 0 Å². The van der Waals surface area contributed by atoms with Crippen molar-refractivity contribution < 1.29 is 22.5 Å². The molecule has 0 fully saturated rings. The van der Waals surface area contributed by atoms with Crippen molar-refractivity contribution in [1.82, 2.24) is 0 Å². The maximum absolute atomic E-state index is 11.1. The lowest BCUT2D eigenvalue weighted by atomic mass is 10.0. The van der Waals surface area contributed by atoms with Crippen molar-refractivity contribution in [2.45, 2.75) is 12.7 Å². The van der Waals surface area contributed by atoms with Gasteiger partial charge in [0.05, 0.1) is 0 Å². The number of ether oxygens (including phenoxy) is 1. The average molecular weight is 280 g/mol. The zero-order valence-electron chi connectivity index (χ0n) is 10.2. The molecule has 6 heteroatoms. The Balaban J connectivity index is 2.67. The lowest BCUT2D eigenvalue weighted by molar-refractivity contribution is -0.131. The van der Waals surface area contributed by atoms with E-state index in [0.717, 1.165) is 5.39 Å². The summed E-state index contributed by atoms with van der Waals surface area (Å²) in [5.74, 6) is -1.01. The lowest BCUT2D eigenvalue weighted by Crippen LogP contribution is -2.08. The molecule has 0 saturated heterocycles. The van der Waals surface area contributed by atoms with Crippen molar-refractivity contribution in [1.29, 1.82) is 0 Å². The summed E-state index contributed by atoms with van der Waals surface area (Å²) in [5.41, 5.74) is 0.274. The van der Waals surface area contributed by atoms with Crippen molar-refractivity contribution in [2.75, 3.05) is 0 Å². The third-order valence-electron chi connectivity index (χ3n) is 2.58. The Hall–Kier alpha value is -1.92. The van der Waals surface area contributed by atoms with E-state index in [-0.39, 0.29) is 11.3 Å². The molecule has 0 amide bonds. The second kappa shape index (κ2) is 4.99. The minimum absolute atomic E-state index is 0.142. The number of hydrogen-bond donors (Lipinski definition) is 1. The maximum atomic E-state index is 11.1. The van der Waals surface area contributed by atoms with E-state index in [2.05, 4.69) is 0 Å². The average Bonchev–Trinajstić information content (AvgIpc) is 2.30. The van der Waals surface area contributed by atoms with Gasteiger partial charge in [-0.05, 0) is 16.8 Å². The largest absolute Gasteiger partial charge is 0.426 e. The summed E-state index contributed by atoms with van der Waals surface area (Å²) in [6, 6.07) is 10.3. The van der Waals surface area contributed by atoms with Crippen LogP contribution in [0.1, 0.15) is 12.5 Å². The van der Waals surface area contributed by atoms with Crippen LogP contribution in [0.15, 0.2) is 36.4 Å². The third-order valence-corrected chi connectivity index (χ3v) is 3.23. The molecule has 2 aromatic rings. The molecule has 0 atom stereocenters. The topological polar surface area (TPSA) is 80.7 Å². The number of fused-ring (bicyclic) bond motifs is 1. The molecule has 2 aromatic carbocycles. The number of esters is 1. The van der Waals surface area contributed by atoms with Gasteiger partial charge in [-0.3, -0.25) is 9.35 Å². The number of rotatable bonds is 3. The molecule has 0 heterocycles. The predicted octanol–water partition coefficient (Wildman–Crippen LogP) is 2.15. The maximum Gasteiger partial charge on any atom is 0.308 e. The van der Waals surface area contributed by atoms with Gasteiger partial charge in [0.2, 0.25) is 0 Å². The normalized spacial score (nSPS) is 11.5. The number of carbonyl (C=O) groups excluding carboxylic acids is 1. The van der Waals surface area contributed by atoms with Gasteiger partial charge in [-0.1, -0.05) is 30.3 Å². The van der Waals surface area contributed by atoms with E-state index in [9.17, 15) is 13.2 Å². The third kappa shape index (κ3) is 3.30. The summed E-state index contributed by atoms with van der Waals surface area (Å²) in [7, 11) is -4.22. The molecule has 0 spiro atoms. The molecular weight excluding hydrogens is 268 g/mol. The molecule has 0 radical (unpaired) electrons. The van der Waals surface area contributed by atoms with Crippen LogP contribution < -0.4 is 4.74 Å². The Morgan fingerprint density at radius 2 is 1.89 bits per heavy atom. The fraction of sp³-hybridized carbons (Fsp3) is 0.154. The molecule has 0 unspecified atom stereocenters. The van der Waals surface area contributed by atoms with Crippen molar-refractivity contribution in [3.63, 3.8) is 0 Å². The smallest absolute Gasteiger partial charge is 0.308 e. The molecule has 0 aliphatic heterocycles. The molecular formula is C13H12O5S. The van der Waals surface area contributed by atoms with Crippen LogP contribution in [0.2, 0.25) is 0 Å². The monoisotopic (exact) mass is 280 g/mol. The first-order valence-corrected chi connectivity index (χ1v) is 7.12. The second-order valence-electron chi connectivity index (χ2n) is 4.08. The van der Waals surface area contributed by atoms with Crippen LogP contribution >= 0.6 is 0 Å². The lowest BCUT2D eigenvalue weighted by Gasteiger charge is -2.11. The van der Waals surface area contributed by atoms with E-state index in [1.54, 1.807) is 24.3 Å². The first-order chi connectivity index (χ1) is 8.87. The van der Waals surface area contributed by atoms with E-state index in [0.29, 0.717) is 5.39 Å². The van der Waals surface area contributed by atoms with Crippen LogP contribution in [-0.2, 0) is 20.7 Å². The van der Waals surface area contributed by atoms with Crippen molar-refractivity contribution in [2.24, 2.45) is 0 Å². The molecule has 1 N–H and O–H groups in total. The fourth-order valence-electron chi connectivity index (χ4n) is 1.90. The minimum Gasteiger partial charge on any atom is -0.426 e. The first kappa shape index (κ1) is 13.5. The molecule has 2 rings (SSSR count). The van der Waals surface area contributed by atoms with Gasteiger partial charge in [0.1, 0.15) is 11.5 Å². The molecule has 0 aliphatic rings. The van der Waals surface area contributed by atoms with Crippen molar-refractivity contribution in [3.05, 3.63) is 42.0 Å². The van der Waals surface area contributed by atoms with Crippen LogP contribution in [-0.4, -0.2) is 18.9 Å². The Morgan fingerprint density at radius 1 is 1.21 bits per heavy atom. The first-order valence-electron chi connectivity index (χ1n) is 5.51. The van der Waals surface area contributed by atoms with E-state index < -0.39 is 21.8 Å². The van der Waals surface area contributed by atoms with Crippen LogP contribution in [0.4, 0.5) is 0 Å². The molecule has 0 aliphatic carbocycles. The van der Waals surface area contributed by atoms with Crippen molar-refractivity contribution >= 4 is 26.9 Å². The predicted molar refractivity (Wildman–Crippen MR) is 70.5 cm³/mol. The van der Waals surface area contributed by atoms with Gasteiger partial charge >= 0.3 is 5.97 Å². The summed E-state index contributed by atoms with van der Waals surface area (Å²) in [4.78, 5) is 11.0. The summed E-state index contributed by atoms with van der Waals surface area (Å²) >= 11 is 0. The van der Waals surface area contributed by atoms with Gasteiger partial charge < -0.3 is 4.74 Å². The highest BCUT2D eigenvalue weighted by molar-refractivity contribution is 7.85. The summed E-state index contributed by atoms with van der Waals surface area (Å²) < 4.78 is 36.2. The number of hydrogen-bond acceptors (Lipinski definition) is 4. The van der Waals surface area contributed by atoms with Gasteiger partial charge in [-0.2, -0.15) is 8.42 Å². The molecule has 100 valence electrons. The quantitative estimate of drug-likeness (QED) is 0.529. The van der Waals surface area contributed by atoms with Gasteiger partial charge in [0.25, 0.3) is 10.1 Å².